The summed E-state index contributed by atoms with van der Waals surface area (Å²) in [6, 6.07) is 10.1. The van der Waals surface area contributed by atoms with Gasteiger partial charge in [-0.25, -0.2) is 0 Å². The fourth-order valence-electron chi connectivity index (χ4n) is 2.75. The van der Waals surface area contributed by atoms with Crippen LogP contribution >= 0.6 is 24.0 Å². The van der Waals surface area contributed by atoms with E-state index in [1.807, 2.05) is 32.0 Å². The molecule has 1 amide bonds. The van der Waals surface area contributed by atoms with Crippen molar-refractivity contribution in [2.24, 2.45) is 4.99 Å². The highest BCUT2D eigenvalue weighted by molar-refractivity contribution is 14.0. The maximum Gasteiger partial charge on any atom is 0.239 e. The fourth-order valence-corrected chi connectivity index (χ4v) is 2.75. The molecule has 2 rings (SSSR count). The van der Waals surface area contributed by atoms with Crippen LogP contribution in [0.25, 0.3) is 0 Å². The van der Waals surface area contributed by atoms with Gasteiger partial charge in [-0.3, -0.25) is 9.79 Å². The average molecular weight is 499 g/mol. The minimum atomic E-state index is -0.0673. The molecule has 0 saturated heterocycles. The maximum absolute atomic E-state index is 12.0. The number of aliphatic imine (C=N–C) groups is 1. The van der Waals surface area contributed by atoms with Gasteiger partial charge in [0.05, 0.1) is 12.2 Å². The summed E-state index contributed by atoms with van der Waals surface area (Å²) in [6.45, 7) is 5.42. The Labute approximate surface area is 183 Å². The third-order valence-corrected chi connectivity index (χ3v) is 4.26. The first-order valence-electron chi connectivity index (χ1n) is 9.39. The third kappa shape index (κ3) is 7.49. The van der Waals surface area contributed by atoms with Gasteiger partial charge in [0.25, 0.3) is 0 Å². The Morgan fingerprint density at radius 2 is 1.86 bits per heavy atom. The van der Waals surface area contributed by atoms with Crippen molar-refractivity contribution in [1.29, 1.82) is 0 Å². The Morgan fingerprint density at radius 1 is 1.11 bits per heavy atom. The quantitative estimate of drug-likeness (QED) is 0.280. The molecule has 8 heteroatoms. The first kappa shape index (κ1) is 23.9. The van der Waals surface area contributed by atoms with E-state index in [1.54, 1.807) is 7.05 Å². The van der Waals surface area contributed by atoms with Crippen molar-refractivity contribution in [3.63, 3.8) is 0 Å². The number of hydrogen-bond acceptors (Lipinski definition) is 4. The van der Waals surface area contributed by atoms with E-state index in [4.69, 9.17) is 4.52 Å². The number of amides is 1. The molecule has 1 aromatic carbocycles. The number of benzene rings is 1. The molecule has 0 fully saturated rings. The number of aryl methyl sites for hydroxylation is 2. The van der Waals surface area contributed by atoms with Gasteiger partial charge >= 0.3 is 0 Å². The van der Waals surface area contributed by atoms with Crippen LogP contribution < -0.4 is 16.0 Å². The molecular formula is C20H30IN5O2. The summed E-state index contributed by atoms with van der Waals surface area (Å²) in [6.07, 6.45) is 2.42. The molecule has 1 aromatic heterocycles. The fraction of sp³-hybridized carbons (Fsp3) is 0.450. The molecule has 0 unspecified atom stereocenters. The first-order valence-corrected chi connectivity index (χ1v) is 9.39. The largest absolute Gasteiger partial charge is 0.361 e. The molecule has 0 aliphatic carbocycles. The number of rotatable bonds is 9. The standard InChI is InChI=1S/C20H29N5O2.HI/c1-4-17-16(18(5-2)27-25-17)13-23-20(21-3)24-14-19(26)22-12-11-15-9-7-6-8-10-15;/h6-10H,4-5,11-14H2,1-3H3,(H,22,26)(H2,21,23,24);1H. The van der Waals surface area contributed by atoms with E-state index in [2.05, 4.69) is 38.2 Å². The summed E-state index contributed by atoms with van der Waals surface area (Å²) < 4.78 is 5.37. The summed E-state index contributed by atoms with van der Waals surface area (Å²) in [4.78, 5) is 16.2. The summed E-state index contributed by atoms with van der Waals surface area (Å²) in [5.41, 5.74) is 3.22. The first-order chi connectivity index (χ1) is 13.2. The lowest BCUT2D eigenvalue weighted by atomic mass is 10.1. The number of nitrogens with one attached hydrogen (secondary N) is 3. The van der Waals surface area contributed by atoms with E-state index in [9.17, 15) is 4.79 Å². The summed E-state index contributed by atoms with van der Waals surface area (Å²) in [7, 11) is 1.68. The van der Waals surface area contributed by atoms with E-state index < -0.39 is 0 Å². The number of nitrogens with zero attached hydrogens (tertiary/aromatic N) is 2. The van der Waals surface area contributed by atoms with Crippen molar-refractivity contribution in [1.82, 2.24) is 21.1 Å². The maximum atomic E-state index is 12.0. The predicted molar refractivity (Wildman–Crippen MR) is 122 cm³/mol. The second-order valence-corrected chi connectivity index (χ2v) is 6.10. The van der Waals surface area contributed by atoms with Gasteiger partial charge in [0, 0.05) is 32.1 Å². The number of carbonyl (C=O) groups is 1. The van der Waals surface area contributed by atoms with E-state index in [1.165, 1.54) is 5.56 Å². The molecule has 2 aromatic rings. The van der Waals surface area contributed by atoms with Crippen molar-refractivity contribution >= 4 is 35.8 Å². The highest BCUT2D eigenvalue weighted by Crippen LogP contribution is 2.15. The van der Waals surface area contributed by atoms with Crippen molar-refractivity contribution in [3.05, 3.63) is 52.9 Å². The molecule has 0 bridgehead atoms. The van der Waals surface area contributed by atoms with Crippen molar-refractivity contribution in [3.8, 4) is 0 Å². The molecule has 0 radical (unpaired) electrons. The normalized spacial score (nSPS) is 10.9. The van der Waals surface area contributed by atoms with Gasteiger partial charge in [0.1, 0.15) is 5.76 Å². The van der Waals surface area contributed by atoms with Crippen LogP contribution in [0.1, 0.15) is 36.4 Å². The zero-order valence-corrected chi connectivity index (χ0v) is 19.1. The van der Waals surface area contributed by atoms with Crippen LogP contribution in [0.4, 0.5) is 0 Å². The number of hydrogen-bond donors (Lipinski definition) is 3. The highest BCUT2D eigenvalue weighted by Gasteiger charge is 2.13. The van der Waals surface area contributed by atoms with Crippen LogP contribution in [-0.4, -0.2) is 37.2 Å². The minimum Gasteiger partial charge on any atom is -0.361 e. The Kier molecular flexibility index (Phi) is 11.2. The molecule has 0 aliphatic rings. The minimum absolute atomic E-state index is 0. The smallest absolute Gasteiger partial charge is 0.239 e. The number of guanidine groups is 1. The molecule has 28 heavy (non-hydrogen) atoms. The average Bonchev–Trinajstić information content (AvgIpc) is 3.11. The molecule has 7 nitrogen and oxygen atoms in total. The molecule has 154 valence electrons. The van der Waals surface area contributed by atoms with Crippen LogP contribution in [0, 0.1) is 0 Å². The number of aromatic nitrogens is 1. The van der Waals surface area contributed by atoms with Gasteiger partial charge in [0.2, 0.25) is 5.91 Å². The predicted octanol–water partition coefficient (Wildman–Crippen LogP) is 2.44. The van der Waals surface area contributed by atoms with E-state index >= 15 is 0 Å². The molecule has 0 saturated carbocycles. The third-order valence-electron chi connectivity index (χ3n) is 4.26. The Balaban J connectivity index is 0.00000392. The van der Waals surface area contributed by atoms with Crippen LogP contribution in [0.2, 0.25) is 0 Å². The zero-order valence-electron chi connectivity index (χ0n) is 16.7. The van der Waals surface area contributed by atoms with Gasteiger partial charge in [-0.05, 0) is 18.4 Å². The van der Waals surface area contributed by atoms with Crippen LogP contribution in [-0.2, 0) is 30.6 Å². The SMILES string of the molecule is CCc1noc(CC)c1CNC(=NC)NCC(=O)NCCc1ccccc1.I. The molecule has 0 aliphatic heterocycles. The molecular weight excluding hydrogens is 469 g/mol. The summed E-state index contributed by atoms with van der Waals surface area (Å²) in [5.74, 6) is 1.38. The van der Waals surface area contributed by atoms with E-state index in [0.29, 0.717) is 19.0 Å². The van der Waals surface area contributed by atoms with Gasteiger partial charge in [0.15, 0.2) is 5.96 Å². The van der Waals surface area contributed by atoms with E-state index in [0.717, 1.165) is 36.3 Å². The van der Waals surface area contributed by atoms with E-state index in [-0.39, 0.29) is 36.4 Å². The summed E-state index contributed by atoms with van der Waals surface area (Å²) >= 11 is 0. The Morgan fingerprint density at radius 3 is 2.50 bits per heavy atom. The lowest BCUT2D eigenvalue weighted by molar-refractivity contribution is -0.119. The van der Waals surface area contributed by atoms with Crippen LogP contribution in [0.15, 0.2) is 39.8 Å². The van der Waals surface area contributed by atoms with Crippen molar-refractivity contribution in [2.75, 3.05) is 20.1 Å². The summed E-state index contributed by atoms with van der Waals surface area (Å²) in [5, 5.41) is 13.3. The van der Waals surface area contributed by atoms with Gasteiger partial charge in [-0.15, -0.1) is 24.0 Å². The lowest BCUT2D eigenvalue weighted by Gasteiger charge is -2.12. The Bertz CT molecular complexity index is 725. The van der Waals surface area contributed by atoms with Crippen LogP contribution in [0.3, 0.4) is 0 Å². The second-order valence-electron chi connectivity index (χ2n) is 6.10. The Hall–Kier alpha value is -2.10. The monoisotopic (exact) mass is 499 g/mol. The topological polar surface area (TPSA) is 91.6 Å². The lowest BCUT2D eigenvalue weighted by Crippen LogP contribution is -2.43. The highest BCUT2D eigenvalue weighted by atomic mass is 127. The van der Waals surface area contributed by atoms with Gasteiger partial charge in [-0.1, -0.05) is 49.3 Å². The van der Waals surface area contributed by atoms with Crippen molar-refractivity contribution in [2.45, 2.75) is 39.7 Å². The van der Waals surface area contributed by atoms with Crippen LogP contribution in [0.5, 0.6) is 0 Å². The zero-order chi connectivity index (χ0) is 19.5. The second kappa shape index (κ2) is 13.1. The number of carbonyl (C=O) groups excluding carboxylic acids is 1. The molecule has 0 atom stereocenters. The molecule has 3 N–H and O–H groups in total. The molecule has 1 heterocycles. The molecule has 0 spiro atoms. The van der Waals surface area contributed by atoms with Gasteiger partial charge in [-0.2, -0.15) is 0 Å². The number of halogens is 1. The van der Waals surface area contributed by atoms with Gasteiger partial charge < -0.3 is 20.5 Å². The van der Waals surface area contributed by atoms with Crippen molar-refractivity contribution < 1.29 is 9.32 Å².